The standard InChI is InChI=1S/C10H15ClN2OS/c1-7(2)10-12-8(11)6-9(13-10)15-5-4-14-3/h6-7H,4-5H2,1-3H3. The lowest BCUT2D eigenvalue weighted by molar-refractivity contribution is 0.218. The minimum Gasteiger partial charge on any atom is -0.384 e. The Balaban J connectivity index is 2.71. The van der Waals surface area contributed by atoms with Gasteiger partial charge in [0.15, 0.2) is 0 Å². The van der Waals surface area contributed by atoms with E-state index in [0.29, 0.717) is 17.7 Å². The van der Waals surface area contributed by atoms with Crippen LogP contribution in [0.5, 0.6) is 0 Å². The first kappa shape index (κ1) is 12.7. The van der Waals surface area contributed by atoms with Crippen molar-refractivity contribution in [2.45, 2.75) is 24.8 Å². The largest absolute Gasteiger partial charge is 0.384 e. The molecule has 15 heavy (non-hydrogen) atoms. The molecule has 5 heteroatoms. The van der Waals surface area contributed by atoms with E-state index in [9.17, 15) is 0 Å². The Bertz CT molecular complexity index is 320. The summed E-state index contributed by atoms with van der Waals surface area (Å²) >= 11 is 7.54. The molecule has 1 heterocycles. The maximum atomic E-state index is 5.91. The summed E-state index contributed by atoms with van der Waals surface area (Å²) in [6.45, 7) is 4.81. The molecule has 0 aliphatic rings. The maximum absolute atomic E-state index is 5.91. The van der Waals surface area contributed by atoms with Crippen molar-refractivity contribution in [2.24, 2.45) is 0 Å². The van der Waals surface area contributed by atoms with Crippen molar-refractivity contribution in [1.29, 1.82) is 0 Å². The monoisotopic (exact) mass is 246 g/mol. The first-order valence-corrected chi connectivity index (χ1v) is 6.16. The number of thioether (sulfide) groups is 1. The molecule has 0 amide bonds. The Labute approximate surface area is 99.6 Å². The van der Waals surface area contributed by atoms with Crippen molar-refractivity contribution < 1.29 is 4.74 Å². The van der Waals surface area contributed by atoms with E-state index in [1.165, 1.54) is 0 Å². The quantitative estimate of drug-likeness (QED) is 0.455. The van der Waals surface area contributed by atoms with Gasteiger partial charge in [-0.1, -0.05) is 25.4 Å². The molecule has 0 saturated heterocycles. The third-order valence-electron chi connectivity index (χ3n) is 1.74. The summed E-state index contributed by atoms with van der Waals surface area (Å²) in [4.78, 5) is 8.59. The molecular formula is C10H15ClN2OS. The van der Waals surface area contributed by atoms with Crippen LogP contribution in [-0.2, 0) is 4.74 Å². The van der Waals surface area contributed by atoms with E-state index in [4.69, 9.17) is 16.3 Å². The van der Waals surface area contributed by atoms with Gasteiger partial charge < -0.3 is 4.74 Å². The van der Waals surface area contributed by atoms with Crippen LogP contribution in [0.1, 0.15) is 25.6 Å². The zero-order chi connectivity index (χ0) is 11.3. The second-order valence-electron chi connectivity index (χ2n) is 3.38. The van der Waals surface area contributed by atoms with Gasteiger partial charge in [0.2, 0.25) is 0 Å². The number of rotatable bonds is 5. The van der Waals surface area contributed by atoms with Crippen LogP contribution >= 0.6 is 23.4 Å². The molecule has 0 fully saturated rings. The van der Waals surface area contributed by atoms with Crippen LogP contribution in [0.15, 0.2) is 11.1 Å². The van der Waals surface area contributed by atoms with Crippen molar-refractivity contribution >= 4 is 23.4 Å². The highest BCUT2D eigenvalue weighted by molar-refractivity contribution is 7.99. The third-order valence-corrected chi connectivity index (χ3v) is 2.81. The van der Waals surface area contributed by atoms with E-state index in [2.05, 4.69) is 23.8 Å². The average Bonchev–Trinajstić information content (AvgIpc) is 2.17. The highest BCUT2D eigenvalue weighted by Gasteiger charge is 2.07. The lowest BCUT2D eigenvalue weighted by Gasteiger charge is -2.06. The molecule has 0 N–H and O–H groups in total. The summed E-state index contributed by atoms with van der Waals surface area (Å²) in [7, 11) is 1.69. The number of aromatic nitrogens is 2. The van der Waals surface area contributed by atoms with E-state index in [0.717, 1.165) is 16.6 Å². The molecule has 84 valence electrons. The first-order valence-electron chi connectivity index (χ1n) is 4.79. The molecule has 0 atom stereocenters. The van der Waals surface area contributed by atoms with E-state index >= 15 is 0 Å². The molecule has 0 aromatic carbocycles. The smallest absolute Gasteiger partial charge is 0.133 e. The number of nitrogens with zero attached hydrogens (tertiary/aromatic N) is 2. The lowest BCUT2D eigenvalue weighted by atomic mass is 10.2. The van der Waals surface area contributed by atoms with Crippen LogP contribution in [0.25, 0.3) is 0 Å². The Kier molecular flexibility index (Phi) is 5.36. The summed E-state index contributed by atoms with van der Waals surface area (Å²) in [5.41, 5.74) is 0. The zero-order valence-electron chi connectivity index (χ0n) is 9.16. The van der Waals surface area contributed by atoms with E-state index in [1.54, 1.807) is 24.9 Å². The summed E-state index contributed by atoms with van der Waals surface area (Å²) in [5.74, 6) is 1.97. The van der Waals surface area contributed by atoms with Crippen LogP contribution in [0.3, 0.4) is 0 Å². The van der Waals surface area contributed by atoms with Gasteiger partial charge in [-0.15, -0.1) is 11.8 Å². The molecule has 0 spiro atoms. The van der Waals surface area contributed by atoms with Crippen LogP contribution in [0.2, 0.25) is 5.15 Å². The van der Waals surface area contributed by atoms with Gasteiger partial charge in [-0.2, -0.15) is 0 Å². The predicted molar refractivity (Wildman–Crippen MR) is 63.7 cm³/mol. The fraction of sp³-hybridized carbons (Fsp3) is 0.600. The molecule has 0 aliphatic carbocycles. The molecule has 0 bridgehead atoms. The number of hydrogen-bond acceptors (Lipinski definition) is 4. The molecule has 1 rings (SSSR count). The third kappa shape index (κ3) is 4.36. The number of methoxy groups -OCH3 is 1. The highest BCUT2D eigenvalue weighted by atomic mass is 35.5. The molecule has 0 aliphatic heterocycles. The first-order chi connectivity index (χ1) is 7.13. The van der Waals surface area contributed by atoms with E-state index in [-0.39, 0.29) is 0 Å². The van der Waals surface area contributed by atoms with E-state index in [1.807, 2.05) is 0 Å². The predicted octanol–water partition coefficient (Wildman–Crippen LogP) is 2.99. The number of hydrogen-bond donors (Lipinski definition) is 0. The summed E-state index contributed by atoms with van der Waals surface area (Å²) < 4.78 is 4.97. The van der Waals surface area contributed by atoms with Crippen molar-refractivity contribution in [3.63, 3.8) is 0 Å². The van der Waals surface area contributed by atoms with Crippen LogP contribution in [0.4, 0.5) is 0 Å². The van der Waals surface area contributed by atoms with Gasteiger partial charge in [0.05, 0.1) is 6.61 Å². The normalized spacial score (nSPS) is 11.0. The molecule has 1 aromatic heterocycles. The van der Waals surface area contributed by atoms with Crippen molar-refractivity contribution in [3.8, 4) is 0 Å². The SMILES string of the molecule is COCCSc1cc(Cl)nc(C(C)C)n1. The van der Waals surface area contributed by atoms with Gasteiger partial charge in [0, 0.05) is 24.8 Å². The van der Waals surface area contributed by atoms with Gasteiger partial charge in [-0.3, -0.25) is 0 Å². The highest BCUT2D eigenvalue weighted by Crippen LogP contribution is 2.21. The van der Waals surface area contributed by atoms with Gasteiger partial charge in [0.1, 0.15) is 16.0 Å². The van der Waals surface area contributed by atoms with Gasteiger partial charge >= 0.3 is 0 Å². The Morgan fingerprint density at radius 1 is 1.47 bits per heavy atom. The molecule has 1 aromatic rings. The number of halogens is 1. The fourth-order valence-electron chi connectivity index (χ4n) is 0.975. The molecule has 0 radical (unpaired) electrons. The van der Waals surface area contributed by atoms with Gasteiger partial charge in [0.25, 0.3) is 0 Å². The summed E-state index contributed by atoms with van der Waals surface area (Å²) in [6.07, 6.45) is 0. The second-order valence-corrected chi connectivity index (χ2v) is 4.89. The number of ether oxygens (including phenoxy) is 1. The second kappa shape index (κ2) is 6.30. The molecule has 0 saturated carbocycles. The summed E-state index contributed by atoms with van der Waals surface area (Å²) in [5, 5.41) is 1.42. The van der Waals surface area contributed by atoms with Crippen molar-refractivity contribution in [3.05, 3.63) is 17.0 Å². The van der Waals surface area contributed by atoms with Crippen LogP contribution in [0, 0.1) is 0 Å². The minimum absolute atomic E-state index is 0.297. The minimum atomic E-state index is 0.297. The molecule has 3 nitrogen and oxygen atoms in total. The Morgan fingerprint density at radius 2 is 2.20 bits per heavy atom. The van der Waals surface area contributed by atoms with Crippen LogP contribution < -0.4 is 0 Å². The molecule has 0 unspecified atom stereocenters. The Morgan fingerprint density at radius 3 is 2.80 bits per heavy atom. The van der Waals surface area contributed by atoms with Crippen molar-refractivity contribution in [2.75, 3.05) is 19.5 Å². The molecular weight excluding hydrogens is 232 g/mol. The topological polar surface area (TPSA) is 35.0 Å². The fourth-order valence-corrected chi connectivity index (χ4v) is 2.04. The lowest BCUT2D eigenvalue weighted by Crippen LogP contribution is -2.00. The maximum Gasteiger partial charge on any atom is 0.133 e. The Hall–Kier alpha value is -0.320. The van der Waals surface area contributed by atoms with E-state index < -0.39 is 0 Å². The van der Waals surface area contributed by atoms with Crippen LogP contribution in [-0.4, -0.2) is 29.4 Å². The van der Waals surface area contributed by atoms with Crippen molar-refractivity contribution in [1.82, 2.24) is 9.97 Å². The van der Waals surface area contributed by atoms with Gasteiger partial charge in [-0.25, -0.2) is 9.97 Å². The zero-order valence-corrected chi connectivity index (χ0v) is 10.7. The average molecular weight is 247 g/mol. The summed E-state index contributed by atoms with van der Waals surface area (Å²) in [6, 6.07) is 1.79. The van der Waals surface area contributed by atoms with Gasteiger partial charge in [-0.05, 0) is 0 Å².